The maximum absolute atomic E-state index is 12.6. The van der Waals surface area contributed by atoms with Crippen LogP contribution in [0, 0.1) is 6.92 Å². The SMILES string of the molecule is CCn1c(=O)c(-c2cccc(C)c2)nc2ccccc21. The number of benzene rings is 2. The van der Waals surface area contributed by atoms with Gasteiger partial charge < -0.3 is 4.57 Å². The molecule has 3 rings (SSSR count). The molecule has 3 heteroatoms. The normalized spacial score (nSPS) is 10.9. The third kappa shape index (κ3) is 2.01. The zero-order valence-electron chi connectivity index (χ0n) is 11.6. The van der Waals surface area contributed by atoms with E-state index in [0.717, 1.165) is 22.2 Å². The van der Waals surface area contributed by atoms with Crippen LogP contribution in [0.15, 0.2) is 53.3 Å². The van der Waals surface area contributed by atoms with E-state index in [-0.39, 0.29) is 5.56 Å². The van der Waals surface area contributed by atoms with Crippen molar-refractivity contribution in [3.8, 4) is 11.3 Å². The van der Waals surface area contributed by atoms with E-state index in [1.165, 1.54) is 0 Å². The van der Waals surface area contributed by atoms with Crippen molar-refractivity contribution in [1.29, 1.82) is 0 Å². The molecule has 0 amide bonds. The third-order valence-electron chi connectivity index (χ3n) is 3.46. The Morgan fingerprint density at radius 3 is 2.65 bits per heavy atom. The van der Waals surface area contributed by atoms with Crippen LogP contribution in [0.25, 0.3) is 22.3 Å². The van der Waals surface area contributed by atoms with Gasteiger partial charge in [0.1, 0.15) is 5.69 Å². The molecule has 100 valence electrons. The molecule has 2 aromatic carbocycles. The molecule has 0 atom stereocenters. The van der Waals surface area contributed by atoms with Crippen LogP contribution < -0.4 is 5.56 Å². The van der Waals surface area contributed by atoms with E-state index in [1.54, 1.807) is 4.57 Å². The molecule has 0 aliphatic carbocycles. The number of aromatic nitrogens is 2. The van der Waals surface area contributed by atoms with Crippen LogP contribution in [0.3, 0.4) is 0 Å². The smallest absolute Gasteiger partial charge is 0.277 e. The van der Waals surface area contributed by atoms with Gasteiger partial charge in [0.2, 0.25) is 0 Å². The second kappa shape index (κ2) is 4.93. The van der Waals surface area contributed by atoms with Crippen molar-refractivity contribution in [2.24, 2.45) is 0 Å². The highest BCUT2D eigenvalue weighted by Crippen LogP contribution is 2.18. The summed E-state index contributed by atoms with van der Waals surface area (Å²) in [5, 5.41) is 0. The number of hydrogen-bond acceptors (Lipinski definition) is 2. The highest BCUT2D eigenvalue weighted by molar-refractivity contribution is 5.77. The summed E-state index contributed by atoms with van der Waals surface area (Å²) in [6.45, 7) is 4.64. The van der Waals surface area contributed by atoms with Crippen molar-refractivity contribution in [2.45, 2.75) is 20.4 Å². The van der Waals surface area contributed by atoms with Gasteiger partial charge in [0, 0.05) is 12.1 Å². The quantitative estimate of drug-likeness (QED) is 0.711. The van der Waals surface area contributed by atoms with Crippen LogP contribution >= 0.6 is 0 Å². The Kier molecular flexibility index (Phi) is 3.11. The van der Waals surface area contributed by atoms with E-state index in [2.05, 4.69) is 4.98 Å². The first-order chi connectivity index (χ1) is 9.70. The van der Waals surface area contributed by atoms with E-state index < -0.39 is 0 Å². The molecule has 0 fully saturated rings. The molecular weight excluding hydrogens is 248 g/mol. The summed E-state index contributed by atoms with van der Waals surface area (Å²) >= 11 is 0. The topological polar surface area (TPSA) is 34.9 Å². The molecule has 0 N–H and O–H groups in total. The zero-order valence-corrected chi connectivity index (χ0v) is 11.6. The summed E-state index contributed by atoms with van der Waals surface area (Å²) in [7, 11) is 0. The average Bonchev–Trinajstić information content (AvgIpc) is 2.46. The number of hydrogen-bond donors (Lipinski definition) is 0. The molecule has 0 saturated heterocycles. The molecule has 0 aliphatic rings. The summed E-state index contributed by atoms with van der Waals surface area (Å²) in [6, 6.07) is 15.7. The van der Waals surface area contributed by atoms with E-state index in [0.29, 0.717) is 12.2 Å². The van der Waals surface area contributed by atoms with Gasteiger partial charge in [0.25, 0.3) is 5.56 Å². The molecule has 0 radical (unpaired) electrons. The average molecular weight is 264 g/mol. The van der Waals surface area contributed by atoms with Crippen molar-refractivity contribution < 1.29 is 0 Å². The first-order valence-electron chi connectivity index (χ1n) is 6.77. The molecular formula is C17H16N2O. The van der Waals surface area contributed by atoms with E-state index in [1.807, 2.05) is 62.4 Å². The second-order valence-corrected chi connectivity index (χ2v) is 4.87. The van der Waals surface area contributed by atoms with Crippen molar-refractivity contribution in [1.82, 2.24) is 9.55 Å². The van der Waals surface area contributed by atoms with E-state index in [4.69, 9.17) is 0 Å². The molecule has 0 unspecified atom stereocenters. The van der Waals surface area contributed by atoms with Crippen molar-refractivity contribution in [3.63, 3.8) is 0 Å². The molecule has 0 aliphatic heterocycles. The molecule has 0 bridgehead atoms. The maximum atomic E-state index is 12.6. The van der Waals surface area contributed by atoms with Gasteiger partial charge in [-0.1, -0.05) is 35.9 Å². The van der Waals surface area contributed by atoms with Gasteiger partial charge in [-0.05, 0) is 32.0 Å². The predicted octanol–water partition coefficient (Wildman–Crippen LogP) is 3.39. The lowest BCUT2D eigenvalue weighted by atomic mass is 10.1. The number of fused-ring (bicyclic) bond motifs is 1. The Bertz CT molecular complexity index is 834. The Morgan fingerprint density at radius 2 is 1.90 bits per heavy atom. The highest BCUT2D eigenvalue weighted by Gasteiger charge is 2.11. The van der Waals surface area contributed by atoms with Crippen molar-refractivity contribution >= 4 is 11.0 Å². The number of rotatable bonds is 2. The fraction of sp³-hybridized carbons (Fsp3) is 0.176. The van der Waals surface area contributed by atoms with Crippen LogP contribution in [-0.4, -0.2) is 9.55 Å². The van der Waals surface area contributed by atoms with E-state index >= 15 is 0 Å². The fourth-order valence-electron chi connectivity index (χ4n) is 2.49. The Hall–Kier alpha value is -2.42. The van der Waals surface area contributed by atoms with Gasteiger partial charge in [-0.25, -0.2) is 4.98 Å². The summed E-state index contributed by atoms with van der Waals surface area (Å²) in [6.07, 6.45) is 0. The standard InChI is InChI=1S/C17H16N2O/c1-3-19-15-10-5-4-9-14(15)18-16(17(19)20)13-8-6-7-12(2)11-13/h4-11H,3H2,1-2H3. The van der Waals surface area contributed by atoms with Gasteiger partial charge in [-0.3, -0.25) is 4.79 Å². The van der Waals surface area contributed by atoms with Gasteiger partial charge >= 0.3 is 0 Å². The first kappa shape index (κ1) is 12.6. The number of nitrogens with zero attached hydrogens (tertiary/aromatic N) is 2. The highest BCUT2D eigenvalue weighted by atomic mass is 16.1. The molecule has 1 heterocycles. The Labute approximate surface area is 117 Å². The first-order valence-corrected chi connectivity index (χ1v) is 6.77. The molecule has 0 saturated carbocycles. The minimum Gasteiger partial charge on any atom is -0.305 e. The largest absolute Gasteiger partial charge is 0.305 e. The molecule has 0 spiro atoms. The van der Waals surface area contributed by atoms with Gasteiger partial charge in [-0.2, -0.15) is 0 Å². The lowest BCUT2D eigenvalue weighted by Gasteiger charge is -2.10. The minimum absolute atomic E-state index is 0.0307. The van der Waals surface area contributed by atoms with Crippen LogP contribution in [0.5, 0.6) is 0 Å². The lowest BCUT2D eigenvalue weighted by Crippen LogP contribution is -2.22. The lowest BCUT2D eigenvalue weighted by molar-refractivity contribution is 0.755. The zero-order chi connectivity index (χ0) is 14.1. The second-order valence-electron chi connectivity index (χ2n) is 4.87. The number of para-hydroxylation sites is 2. The van der Waals surface area contributed by atoms with Crippen LogP contribution in [-0.2, 0) is 6.54 Å². The van der Waals surface area contributed by atoms with Gasteiger partial charge in [0.15, 0.2) is 0 Å². The van der Waals surface area contributed by atoms with Gasteiger partial charge in [0.05, 0.1) is 11.0 Å². The summed E-state index contributed by atoms with van der Waals surface area (Å²) in [5.41, 5.74) is 4.23. The van der Waals surface area contributed by atoms with Crippen LogP contribution in [0.4, 0.5) is 0 Å². The fourth-order valence-corrected chi connectivity index (χ4v) is 2.49. The molecule has 1 aromatic heterocycles. The molecule has 3 nitrogen and oxygen atoms in total. The Balaban J connectivity index is 2.37. The monoisotopic (exact) mass is 264 g/mol. The molecule has 20 heavy (non-hydrogen) atoms. The van der Waals surface area contributed by atoms with E-state index in [9.17, 15) is 4.79 Å². The van der Waals surface area contributed by atoms with Gasteiger partial charge in [-0.15, -0.1) is 0 Å². The third-order valence-corrected chi connectivity index (χ3v) is 3.46. The van der Waals surface area contributed by atoms with Crippen LogP contribution in [0.1, 0.15) is 12.5 Å². The Morgan fingerprint density at radius 1 is 1.10 bits per heavy atom. The summed E-state index contributed by atoms with van der Waals surface area (Å²) in [5.74, 6) is 0. The van der Waals surface area contributed by atoms with Crippen molar-refractivity contribution in [2.75, 3.05) is 0 Å². The van der Waals surface area contributed by atoms with Crippen molar-refractivity contribution in [3.05, 3.63) is 64.4 Å². The summed E-state index contributed by atoms with van der Waals surface area (Å²) in [4.78, 5) is 17.2. The number of aryl methyl sites for hydroxylation is 2. The van der Waals surface area contributed by atoms with Crippen LogP contribution in [0.2, 0.25) is 0 Å². The maximum Gasteiger partial charge on any atom is 0.277 e. The summed E-state index contributed by atoms with van der Waals surface area (Å²) < 4.78 is 1.78. The molecule has 3 aromatic rings. The predicted molar refractivity (Wildman–Crippen MR) is 81.9 cm³/mol. The minimum atomic E-state index is -0.0307.